The van der Waals surface area contributed by atoms with Crippen LogP contribution in [0.3, 0.4) is 0 Å². The SMILES string of the molecule is CC(O)C(=O)O.O=C(O)C(O)C(O)C(=O)O.O=C(O)CC(O)(CC(=O)O)C(=O)O. The van der Waals surface area contributed by atoms with Crippen molar-refractivity contribution in [3.63, 3.8) is 0 Å². The maximum absolute atomic E-state index is 10.3. The van der Waals surface area contributed by atoms with E-state index in [0.29, 0.717) is 0 Å². The number of carboxylic acid groups (broad SMARTS) is 6. The maximum atomic E-state index is 10.3. The lowest BCUT2D eigenvalue weighted by molar-refractivity contribution is -0.170. The molecule has 168 valence electrons. The van der Waals surface area contributed by atoms with Gasteiger partial charge < -0.3 is 51.1 Å². The molecular formula is C13H20O16. The molecule has 0 aromatic heterocycles. The molecular weight excluding hydrogens is 412 g/mol. The molecule has 0 heterocycles. The third-order valence-corrected chi connectivity index (χ3v) is 2.45. The highest BCUT2D eigenvalue weighted by molar-refractivity contribution is 5.88. The molecule has 10 N–H and O–H groups in total. The molecule has 0 radical (unpaired) electrons. The highest BCUT2D eigenvalue weighted by Gasteiger charge is 2.40. The second kappa shape index (κ2) is 13.8. The Bertz CT molecular complexity index is 574. The van der Waals surface area contributed by atoms with Crippen molar-refractivity contribution < 1.29 is 79.8 Å². The van der Waals surface area contributed by atoms with Crippen LogP contribution < -0.4 is 0 Å². The first-order chi connectivity index (χ1) is 12.9. The molecule has 0 aliphatic rings. The van der Waals surface area contributed by atoms with E-state index < -0.39 is 72.6 Å². The van der Waals surface area contributed by atoms with E-state index in [-0.39, 0.29) is 0 Å². The minimum Gasteiger partial charge on any atom is -0.481 e. The fourth-order valence-corrected chi connectivity index (χ4v) is 0.984. The van der Waals surface area contributed by atoms with Crippen LogP contribution in [0.2, 0.25) is 0 Å². The number of aliphatic carboxylic acids is 6. The maximum Gasteiger partial charge on any atom is 0.336 e. The first kappa shape index (κ1) is 30.4. The highest BCUT2D eigenvalue weighted by atomic mass is 16.4. The summed E-state index contributed by atoms with van der Waals surface area (Å²) < 4.78 is 0. The molecule has 0 fully saturated rings. The lowest BCUT2D eigenvalue weighted by Gasteiger charge is -2.18. The zero-order chi connectivity index (χ0) is 24.1. The van der Waals surface area contributed by atoms with Crippen molar-refractivity contribution in [3.8, 4) is 0 Å². The van der Waals surface area contributed by atoms with Gasteiger partial charge in [-0.15, -0.1) is 0 Å². The predicted octanol–water partition coefficient (Wildman–Crippen LogP) is -3.92. The van der Waals surface area contributed by atoms with Gasteiger partial charge in [-0.25, -0.2) is 19.2 Å². The van der Waals surface area contributed by atoms with E-state index in [9.17, 15) is 28.8 Å². The van der Waals surface area contributed by atoms with Crippen LogP contribution >= 0.6 is 0 Å². The number of aliphatic hydroxyl groups excluding tert-OH is 3. The summed E-state index contributed by atoms with van der Waals surface area (Å²) in [6.45, 7) is 1.20. The van der Waals surface area contributed by atoms with Gasteiger partial charge in [0.05, 0.1) is 12.8 Å². The van der Waals surface area contributed by atoms with Crippen LogP contribution in [0.1, 0.15) is 19.8 Å². The molecule has 0 spiro atoms. The Kier molecular flexibility index (Phi) is 14.4. The van der Waals surface area contributed by atoms with E-state index in [1.807, 2.05) is 0 Å². The van der Waals surface area contributed by atoms with E-state index in [2.05, 4.69) is 0 Å². The van der Waals surface area contributed by atoms with Gasteiger partial charge in [0.2, 0.25) is 0 Å². The summed E-state index contributed by atoms with van der Waals surface area (Å²) in [4.78, 5) is 59.5. The molecule has 0 aromatic carbocycles. The van der Waals surface area contributed by atoms with Crippen LogP contribution in [0.4, 0.5) is 0 Å². The molecule has 0 aliphatic carbocycles. The van der Waals surface area contributed by atoms with Crippen molar-refractivity contribution in [2.75, 3.05) is 0 Å². The van der Waals surface area contributed by atoms with Crippen molar-refractivity contribution in [2.45, 2.75) is 43.7 Å². The minimum absolute atomic E-state index is 1.14. The molecule has 29 heavy (non-hydrogen) atoms. The van der Waals surface area contributed by atoms with Gasteiger partial charge in [-0.2, -0.15) is 0 Å². The summed E-state index contributed by atoms with van der Waals surface area (Å²) in [6.07, 6.45) is -8.05. The van der Waals surface area contributed by atoms with Crippen molar-refractivity contribution in [3.05, 3.63) is 0 Å². The Morgan fingerprint density at radius 3 is 1.00 bits per heavy atom. The van der Waals surface area contributed by atoms with Gasteiger partial charge in [-0.3, -0.25) is 9.59 Å². The third kappa shape index (κ3) is 15.4. The highest BCUT2D eigenvalue weighted by Crippen LogP contribution is 2.15. The Balaban J connectivity index is -0.000000375. The number of carboxylic acids is 6. The molecule has 16 heteroatoms. The number of hydrogen-bond donors (Lipinski definition) is 10. The number of hydrogen-bond acceptors (Lipinski definition) is 10. The molecule has 0 saturated heterocycles. The smallest absolute Gasteiger partial charge is 0.336 e. The van der Waals surface area contributed by atoms with Crippen LogP contribution in [-0.4, -0.2) is 111 Å². The first-order valence-corrected chi connectivity index (χ1v) is 7.01. The van der Waals surface area contributed by atoms with E-state index in [1.54, 1.807) is 0 Å². The number of rotatable bonds is 9. The topological polar surface area (TPSA) is 305 Å². The molecule has 0 aliphatic heterocycles. The quantitative estimate of drug-likeness (QED) is 0.166. The Morgan fingerprint density at radius 2 is 0.897 bits per heavy atom. The first-order valence-electron chi connectivity index (χ1n) is 7.01. The van der Waals surface area contributed by atoms with Gasteiger partial charge in [0.1, 0.15) is 6.10 Å². The molecule has 0 rings (SSSR count). The number of aliphatic hydroxyl groups is 4. The fourth-order valence-electron chi connectivity index (χ4n) is 0.984. The normalized spacial score (nSPS) is 13.1. The largest absolute Gasteiger partial charge is 0.481 e. The third-order valence-electron chi connectivity index (χ3n) is 2.45. The molecule has 3 atom stereocenters. The molecule has 0 aromatic rings. The summed E-state index contributed by atoms with van der Waals surface area (Å²) in [5, 5.41) is 82.1. The zero-order valence-electron chi connectivity index (χ0n) is 14.6. The Morgan fingerprint density at radius 1 is 0.655 bits per heavy atom. The van der Waals surface area contributed by atoms with Gasteiger partial charge >= 0.3 is 35.8 Å². The van der Waals surface area contributed by atoms with Crippen LogP contribution in [0.5, 0.6) is 0 Å². The van der Waals surface area contributed by atoms with E-state index >= 15 is 0 Å². The van der Waals surface area contributed by atoms with Gasteiger partial charge in [-0.1, -0.05) is 0 Å². The zero-order valence-corrected chi connectivity index (χ0v) is 14.6. The molecule has 0 saturated carbocycles. The molecule has 3 unspecified atom stereocenters. The fraction of sp³-hybridized carbons (Fsp3) is 0.538. The van der Waals surface area contributed by atoms with E-state index in [1.165, 1.54) is 6.92 Å². The van der Waals surface area contributed by atoms with Crippen molar-refractivity contribution in [2.24, 2.45) is 0 Å². The molecule has 16 nitrogen and oxygen atoms in total. The monoisotopic (exact) mass is 432 g/mol. The average molecular weight is 432 g/mol. The summed E-state index contributed by atoms with van der Waals surface area (Å²) in [7, 11) is 0. The van der Waals surface area contributed by atoms with Crippen LogP contribution in [0, 0.1) is 0 Å². The lowest BCUT2D eigenvalue weighted by atomic mass is 9.96. The summed E-state index contributed by atoms with van der Waals surface area (Å²) >= 11 is 0. The lowest BCUT2D eigenvalue weighted by Crippen LogP contribution is -2.42. The average Bonchev–Trinajstić information content (AvgIpc) is 2.52. The second-order valence-corrected chi connectivity index (χ2v) is 5.06. The van der Waals surface area contributed by atoms with Gasteiger partial charge in [0.15, 0.2) is 17.8 Å². The van der Waals surface area contributed by atoms with Crippen LogP contribution in [-0.2, 0) is 28.8 Å². The number of carbonyl (C=O) groups is 6. The van der Waals surface area contributed by atoms with Gasteiger partial charge in [0, 0.05) is 0 Å². The standard InChI is InChI=1S/C6H8O7.C4H6O6.C3H6O3/c7-3(8)1-6(13,5(11)12)2-4(9)10;5-1(3(7)8)2(6)4(9)10;1-2(4)3(5)6/h13H,1-2H2,(H,7,8)(H,9,10)(H,11,12);1-2,5-6H,(H,7,8)(H,9,10);2,4H,1H3,(H,5,6). The second-order valence-electron chi connectivity index (χ2n) is 5.06. The van der Waals surface area contributed by atoms with Crippen LogP contribution in [0.25, 0.3) is 0 Å². The van der Waals surface area contributed by atoms with Crippen LogP contribution in [0.15, 0.2) is 0 Å². The minimum atomic E-state index is -2.74. The Labute approximate surface area is 160 Å². The van der Waals surface area contributed by atoms with E-state index in [0.717, 1.165) is 0 Å². The summed E-state index contributed by atoms with van der Waals surface area (Å²) in [5.74, 6) is -9.74. The predicted molar refractivity (Wildman–Crippen MR) is 83.7 cm³/mol. The van der Waals surface area contributed by atoms with Gasteiger partial charge in [-0.05, 0) is 6.92 Å². The van der Waals surface area contributed by atoms with Crippen molar-refractivity contribution in [1.29, 1.82) is 0 Å². The summed E-state index contributed by atoms with van der Waals surface area (Å²) in [5.41, 5.74) is -2.74. The molecule has 0 amide bonds. The van der Waals surface area contributed by atoms with E-state index in [4.69, 9.17) is 51.1 Å². The van der Waals surface area contributed by atoms with Crippen molar-refractivity contribution in [1.82, 2.24) is 0 Å². The van der Waals surface area contributed by atoms with Crippen molar-refractivity contribution >= 4 is 35.8 Å². The summed E-state index contributed by atoms with van der Waals surface area (Å²) in [6, 6.07) is 0. The molecule has 0 bridgehead atoms. The van der Waals surface area contributed by atoms with Gasteiger partial charge in [0.25, 0.3) is 0 Å². The Hall–Kier alpha value is -3.34.